The summed E-state index contributed by atoms with van der Waals surface area (Å²) in [7, 11) is 0. The molecule has 0 bridgehead atoms. The van der Waals surface area contributed by atoms with Gasteiger partial charge < -0.3 is 10.4 Å². The van der Waals surface area contributed by atoms with Gasteiger partial charge in [0.2, 0.25) is 0 Å². The lowest BCUT2D eigenvalue weighted by Crippen LogP contribution is -2.20. The number of rotatable bonds is 4. The quantitative estimate of drug-likeness (QED) is 0.803. The van der Waals surface area contributed by atoms with Gasteiger partial charge in [0, 0.05) is 18.4 Å². The van der Waals surface area contributed by atoms with Crippen molar-refractivity contribution >= 4 is 17.3 Å². The van der Waals surface area contributed by atoms with E-state index in [2.05, 4.69) is 15.4 Å². The van der Waals surface area contributed by atoms with Crippen LogP contribution in [0, 0.1) is 0 Å². The SMILES string of the molecule is CC(CC(=O)O)Nc1nccn2nccc12. The fourth-order valence-corrected chi connectivity index (χ4v) is 1.52. The predicted molar refractivity (Wildman–Crippen MR) is 58.3 cm³/mol. The molecule has 0 aliphatic rings. The van der Waals surface area contributed by atoms with E-state index in [0.29, 0.717) is 5.82 Å². The molecule has 6 nitrogen and oxygen atoms in total. The van der Waals surface area contributed by atoms with Crippen LogP contribution in [0.15, 0.2) is 24.7 Å². The van der Waals surface area contributed by atoms with Crippen molar-refractivity contribution in [2.75, 3.05) is 5.32 Å². The third kappa shape index (κ3) is 2.10. The van der Waals surface area contributed by atoms with Crippen molar-refractivity contribution < 1.29 is 9.90 Å². The molecule has 0 aliphatic heterocycles. The number of nitrogens with one attached hydrogen (secondary N) is 1. The molecule has 2 rings (SSSR count). The van der Waals surface area contributed by atoms with Crippen LogP contribution >= 0.6 is 0 Å². The molecule has 0 saturated heterocycles. The molecule has 2 aromatic heterocycles. The van der Waals surface area contributed by atoms with Gasteiger partial charge in [-0.2, -0.15) is 5.10 Å². The maximum absolute atomic E-state index is 10.5. The molecule has 0 spiro atoms. The second kappa shape index (κ2) is 4.18. The van der Waals surface area contributed by atoms with E-state index in [9.17, 15) is 4.79 Å². The Morgan fingerprint density at radius 3 is 3.19 bits per heavy atom. The average molecular weight is 220 g/mol. The van der Waals surface area contributed by atoms with Crippen LogP contribution in [0.5, 0.6) is 0 Å². The second-order valence-electron chi connectivity index (χ2n) is 3.58. The molecule has 2 heterocycles. The van der Waals surface area contributed by atoms with E-state index >= 15 is 0 Å². The third-order valence-corrected chi connectivity index (χ3v) is 2.19. The highest BCUT2D eigenvalue weighted by molar-refractivity contribution is 5.70. The molecule has 1 unspecified atom stereocenters. The van der Waals surface area contributed by atoms with Gasteiger partial charge in [-0.05, 0) is 13.0 Å². The van der Waals surface area contributed by atoms with E-state index in [-0.39, 0.29) is 12.5 Å². The van der Waals surface area contributed by atoms with Crippen molar-refractivity contribution in [2.24, 2.45) is 0 Å². The largest absolute Gasteiger partial charge is 0.481 e. The number of hydrogen-bond acceptors (Lipinski definition) is 4. The lowest BCUT2D eigenvalue weighted by molar-refractivity contribution is -0.137. The molecule has 0 fully saturated rings. The van der Waals surface area contributed by atoms with Crippen LogP contribution in [0.3, 0.4) is 0 Å². The van der Waals surface area contributed by atoms with Crippen molar-refractivity contribution in [3.05, 3.63) is 24.7 Å². The number of carbonyl (C=O) groups is 1. The summed E-state index contributed by atoms with van der Waals surface area (Å²) in [6.07, 6.45) is 5.08. The van der Waals surface area contributed by atoms with Crippen molar-refractivity contribution in [1.29, 1.82) is 0 Å². The Hall–Kier alpha value is -2.11. The van der Waals surface area contributed by atoms with E-state index in [4.69, 9.17) is 5.11 Å². The first-order chi connectivity index (χ1) is 7.66. The minimum absolute atomic E-state index is 0.0525. The number of hydrogen-bond donors (Lipinski definition) is 2. The van der Waals surface area contributed by atoms with Crippen molar-refractivity contribution in [3.8, 4) is 0 Å². The molecule has 0 aliphatic carbocycles. The standard InChI is InChI=1S/C10H12N4O2/c1-7(6-9(15)16)13-10-8-2-3-12-14(8)5-4-11-10/h2-5,7H,6H2,1H3,(H,11,13)(H,15,16). The van der Waals surface area contributed by atoms with E-state index in [1.54, 1.807) is 30.0 Å². The summed E-state index contributed by atoms with van der Waals surface area (Å²) in [5.74, 6) is -0.186. The summed E-state index contributed by atoms with van der Waals surface area (Å²) in [6, 6.07) is 1.65. The third-order valence-electron chi connectivity index (χ3n) is 2.19. The Morgan fingerprint density at radius 1 is 1.62 bits per heavy atom. The van der Waals surface area contributed by atoms with E-state index in [1.165, 1.54) is 0 Å². The van der Waals surface area contributed by atoms with Gasteiger partial charge in [-0.1, -0.05) is 0 Å². The summed E-state index contributed by atoms with van der Waals surface area (Å²) in [6.45, 7) is 1.80. The zero-order valence-corrected chi connectivity index (χ0v) is 8.79. The summed E-state index contributed by atoms with van der Waals surface area (Å²) in [4.78, 5) is 14.7. The van der Waals surface area contributed by atoms with E-state index < -0.39 is 5.97 Å². The van der Waals surface area contributed by atoms with Crippen molar-refractivity contribution in [1.82, 2.24) is 14.6 Å². The van der Waals surface area contributed by atoms with Crippen molar-refractivity contribution in [2.45, 2.75) is 19.4 Å². The maximum atomic E-state index is 10.5. The summed E-state index contributed by atoms with van der Waals surface area (Å²) in [5.41, 5.74) is 0.833. The van der Waals surface area contributed by atoms with E-state index in [1.807, 2.05) is 6.07 Å². The van der Waals surface area contributed by atoms with Gasteiger partial charge in [0.15, 0.2) is 5.82 Å². The Morgan fingerprint density at radius 2 is 2.44 bits per heavy atom. The monoisotopic (exact) mass is 220 g/mol. The average Bonchev–Trinajstić information content (AvgIpc) is 2.65. The van der Waals surface area contributed by atoms with Crippen LogP contribution in [0.4, 0.5) is 5.82 Å². The molecule has 0 saturated carbocycles. The minimum atomic E-state index is -0.833. The molecule has 0 radical (unpaired) electrons. The molecule has 6 heteroatoms. The molecular formula is C10H12N4O2. The van der Waals surface area contributed by atoms with Gasteiger partial charge in [0.05, 0.1) is 12.6 Å². The Bertz CT molecular complexity index is 508. The molecule has 0 amide bonds. The number of carboxylic acid groups (broad SMARTS) is 1. The maximum Gasteiger partial charge on any atom is 0.305 e. The Labute approximate surface area is 91.9 Å². The van der Waals surface area contributed by atoms with Gasteiger partial charge in [-0.3, -0.25) is 4.79 Å². The molecule has 1 atom stereocenters. The molecule has 0 aromatic carbocycles. The highest BCUT2D eigenvalue weighted by Crippen LogP contribution is 2.14. The number of anilines is 1. The number of aliphatic carboxylic acids is 1. The second-order valence-corrected chi connectivity index (χ2v) is 3.58. The first-order valence-corrected chi connectivity index (χ1v) is 4.93. The first kappa shape index (κ1) is 10.4. The lowest BCUT2D eigenvalue weighted by atomic mass is 10.2. The zero-order chi connectivity index (χ0) is 11.5. The predicted octanol–water partition coefficient (Wildman–Crippen LogP) is 1.00. The minimum Gasteiger partial charge on any atom is -0.481 e. The summed E-state index contributed by atoms with van der Waals surface area (Å²) < 4.78 is 1.68. The van der Waals surface area contributed by atoms with Crippen LogP contribution in [0.1, 0.15) is 13.3 Å². The smallest absolute Gasteiger partial charge is 0.305 e. The van der Waals surface area contributed by atoms with Gasteiger partial charge in [-0.25, -0.2) is 9.50 Å². The van der Waals surface area contributed by atoms with Crippen LogP contribution in [0.2, 0.25) is 0 Å². The van der Waals surface area contributed by atoms with E-state index in [0.717, 1.165) is 5.52 Å². The highest BCUT2D eigenvalue weighted by Gasteiger charge is 2.10. The number of fused-ring (bicyclic) bond motifs is 1. The molecule has 2 N–H and O–H groups in total. The highest BCUT2D eigenvalue weighted by atomic mass is 16.4. The Kier molecular flexibility index (Phi) is 2.72. The van der Waals surface area contributed by atoms with Crippen LogP contribution in [0.25, 0.3) is 5.52 Å². The fraction of sp³-hybridized carbons (Fsp3) is 0.300. The van der Waals surface area contributed by atoms with Gasteiger partial charge >= 0.3 is 5.97 Å². The number of aromatic nitrogens is 3. The topological polar surface area (TPSA) is 79.5 Å². The van der Waals surface area contributed by atoms with Crippen LogP contribution in [-0.2, 0) is 4.79 Å². The molecular weight excluding hydrogens is 208 g/mol. The lowest BCUT2D eigenvalue weighted by Gasteiger charge is -2.12. The molecule has 84 valence electrons. The normalized spacial score (nSPS) is 12.6. The number of nitrogens with zero attached hydrogens (tertiary/aromatic N) is 3. The van der Waals surface area contributed by atoms with Crippen LogP contribution in [-0.4, -0.2) is 31.7 Å². The van der Waals surface area contributed by atoms with Gasteiger partial charge in [0.25, 0.3) is 0 Å². The zero-order valence-electron chi connectivity index (χ0n) is 8.79. The number of carboxylic acids is 1. The molecule has 16 heavy (non-hydrogen) atoms. The summed E-state index contributed by atoms with van der Waals surface area (Å²) in [5, 5.41) is 15.8. The van der Waals surface area contributed by atoms with Gasteiger partial charge in [0.1, 0.15) is 5.52 Å². The molecule has 2 aromatic rings. The Balaban J connectivity index is 2.20. The van der Waals surface area contributed by atoms with Gasteiger partial charge in [-0.15, -0.1) is 0 Å². The summed E-state index contributed by atoms with van der Waals surface area (Å²) >= 11 is 0. The van der Waals surface area contributed by atoms with Crippen LogP contribution < -0.4 is 5.32 Å². The fourth-order valence-electron chi connectivity index (χ4n) is 1.52. The van der Waals surface area contributed by atoms with Crippen molar-refractivity contribution in [3.63, 3.8) is 0 Å². The first-order valence-electron chi connectivity index (χ1n) is 4.93.